The number of hydrogen-bond donors (Lipinski definition) is 3. The molecular weight excluding hydrogens is 194 g/mol. The lowest BCUT2D eigenvalue weighted by atomic mass is 10.4. The van der Waals surface area contributed by atoms with Crippen molar-refractivity contribution >= 4 is 24.6 Å². The molecule has 1 rings (SSSR count). The monoisotopic (exact) mass is 202 g/mol. The molecule has 70 valence electrons. The summed E-state index contributed by atoms with van der Waals surface area (Å²) in [7, 11) is 0. The van der Waals surface area contributed by atoms with E-state index in [1.54, 1.807) is 0 Å². The topological polar surface area (TPSA) is 102 Å². The molecule has 13 heavy (non-hydrogen) atoms. The number of anilines is 1. The predicted molar refractivity (Wildman–Crippen MR) is 48.4 cm³/mol. The second-order valence-corrected chi connectivity index (χ2v) is 2.65. The highest BCUT2D eigenvalue weighted by molar-refractivity contribution is 7.78. The molecule has 1 aromatic heterocycles. The van der Waals surface area contributed by atoms with E-state index in [-0.39, 0.29) is 11.6 Å². The number of carbonyl (C=O) groups excluding carboxylic acids is 1. The average molecular weight is 202 g/mol. The number of nitrogens with zero attached hydrogens (tertiary/aromatic N) is 1. The number of rotatable bonds is 1. The van der Waals surface area contributed by atoms with Crippen LogP contribution in [0, 0.1) is 0 Å². The van der Waals surface area contributed by atoms with E-state index in [2.05, 4.69) is 23.3 Å². The van der Waals surface area contributed by atoms with Crippen LogP contribution < -0.4 is 21.6 Å². The summed E-state index contributed by atoms with van der Waals surface area (Å²) in [6, 6.07) is 1.21. The van der Waals surface area contributed by atoms with Crippen LogP contribution in [0.2, 0.25) is 0 Å². The van der Waals surface area contributed by atoms with Gasteiger partial charge < -0.3 is 10.5 Å². The molecule has 1 heterocycles. The summed E-state index contributed by atoms with van der Waals surface area (Å²) in [6.45, 7) is 0. The lowest BCUT2D eigenvalue weighted by molar-refractivity contribution is -0.271. The fourth-order valence-corrected chi connectivity index (χ4v) is 0.949. The second-order valence-electron chi connectivity index (χ2n) is 2.22. The average Bonchev–Trinajstić information content (AvgIpc) is 2.05. The Kier molecular flexibility index (Phi) is 2.59. The zero-order valence-corrected chi connectivity index (χ0v) is 7.45. The van der Waals surface area contributed by atoms with Crippen LogP contribution in [0.1, 0.15) is 0 Å². The minimum atomic E-state index is -0.805. The first-order valence-corrected chi connectivity index (χ1v) is 3.66. The summed E-state index contributed by atoms with van der Waals surface area (Å²) in [6.07, 6.45) is 0.514. The van der Waals surface area contributed by atoms with Crippen molar-refractivity contribution in [2.24, 2.45) is 0 Å². The maximum atomic E-state index is 11.0. The molecule has 0 fully saturated rings. The molecular formula is C6H8N3O3S+. The third-order valence-corrected chi connectivity index (χ3v) is 1.60. The molecule has 0 saturated carbocycles. The van der Waals surface area contributed by atoms with Gasteiger partial charge in [0.2, 0.25) is 11.3 Å². The van der Waals surface area contributed by atoms with Gasteiger partial charge in [-0.1, -0.05) is 12.8 Å². The second kappa shape index (κ2) is 3.50. The molecule has 0 aromatic carbocycles. The minimum absolute atomic E-state index is 0.115. The van der Waals surface area contributed by atoms with Gasteiger partial charge >= 0.3 is 6.09 Å². The number of hydrogen-bond acceptors (Lipinski definition) is 5. The van der Waals surface area contributed by atoms with Crippen molar-refractivity contribution in [1.29, 1.82) is 0 Å². The Balaban J connectivity index is 3.25. The first kappa shape index (κ1) is 9.62. The van der Waals surface area contributed by atoms with Crippen molar-refractivity contribution in [3.8, 4) is 5.88 Å². The summed E-state index contributed by atoms with van der Waals surface area (Å²) in [5.41, 5.74) is 7.72. The fourth-order valence-electron chi connectivity index (χ4n) is 0.734. The van der Waals surface area contributed by atoms with Crippen molar-refractivity contribution in [1.82, 2.24) is 3.97 Å². The smallest absolute Gasteiger partial charge is 0.391 e. The van der Waals surface area contributed by atoms with Crippen LogP contribution in [-0.2, 0) is 0 Å². The zero-order valence-electron chi connectivity index (χ0n) is 6.56. The number of pyridine rings is 1. The quantitative estimate of drug-likeness (QED) is 0.501. The number of carbonyl (C=O) groups is 1. The Morgan fingerprint density at radius 1 is 1.69 bits per heavy atom. The molecule has 0 radical (unpaired) electrons. The lowest BCUT2D eigenvalue weighted by Crippen LogP contribution is -2.59. The van der Waals surface area contributed by atoms with Crippen LogP contribution >= 0.6 is 12.8 Å². The van der Waals surface area contributed by atoms with Crippen LogP contribution in [0.25, 0.3) is 0 Å². The highest BCUT2D eigenvalue weighted by Crippen LogP contribution is 2.17. The molecule has 0 unspecified atom stereocenters. The van der Waals surface area contributed by atoms with Gasteiger partial charge in [0.25, 0.3) is 0 Å². The number of quaternary nitrogens is 1. The number of ether oxygens (including phenoxy) is 1. The van der Waals surface area contributed by atoms with Crippen LogP contribution in [-0.4, -0.2) is 10.1 Å². The molecule has 0 atom stereocenters. The standard InChI is InChI=1S/C6H7N3O3S/c7-4-3(10)1-2-9(13)5(4)12-6(8)11/h1-2,13H,7H2,(H2,8,11)/p+1. The Bertz CT molecular complexity index is 401. The molecule has 7 heteroatoms. The molecule has 6 nitrogen and oxygen atoms in total. The summed E-state index contributed by atoms with van der Waals surface area (Å²) in [4.78, 5) is 21.5. The van der Waals surface area contributed by atoms with E-state index >= 15 is 0 Å². The van der Waals surface area contributed by atoms with Gasteiger partial charge in [-0.3, -0.25) is 14.5 Å². The summed E-state index contributed by atoms with van der Waals surface area (Å²) >= 11 is 3.88. The molecule has 1 aromatic rings. The van der Waals surface area contributed by atoms with Crippen molar-refractivity contribution in [3.05, 3.63) is 22.5 Å². The molecule has 0 saturated heterocycles. The Hall–Kier alpha value is -1.47. The third kappa shape index (κ3) is 2.01. The van der Waals surface area contributed by atoms with E-state index in [4.69, 9.17) is 5.73 Å². The summed E-state index contributed by atoms with van der Waals surface area (Å²) in [5.74, 6) is -0.115. The zero-order chi connectivity index (χ0) is 10.0. The normalized spacial score (nSPS) is 9.69. The SMILES string of the molecule is Nc1c(OC([NH3+])=O)n(S)ccc1=O. The van der Waals surface area contributed by atoms with E-state index in [1.807, 2.05) is 0 Å². The molecule has 0 aliphatic rings. The molecule has 0 aliphatic carbocycles. The number of amides is 1. The van der Waals surface area contributed by atoms with E-state index in [0.29, 0.717) is 0 Å². The van der Waals surface area contributed by atoms with Crippen molar-refractivity contribution in [2.75, 3.05) is 5.73 Å². The predicted octanol–water partition coefficient (Wildman–Crippen LogP) is -1.14. The van der Waals surface area contributed by atoms with Crippen molar-refractivity contribution in [3.63, 3.8) is 0 Å². The fraction of sp³-hybridized carbons (Fsp3) is 0. The Morgan fingerprint density at radius 2 is 2.31 bits per heavy atom. The van der Waals surface area contributed by atoms with Crippen molar-refractivity contribution < 1.29 is 15.3 Å². The van der Waals surface area contributed by atoms with Gasteiger partial charge in [-0.2, -0.15) is 4.79 Å². The van der Waals surface area contributed by atoms with E-state index in [0.717, 1.165) is 3.97 Å². The van der Waals surface area contributed by atoms with Gasteiger partial charge in [-0.25, -0.2) is 0 Å². The maximum absolute atomic E-state index is 11.0. The lowest BCUT2D eigenvalue weighted by Gasteiger charge is -2.05. The van der Waals surface area contributed by atoms with Gasteiger partial charge in [-0.05, 0) is 0 Å². The third-order valence-electron chi connectivity index (χ3n) is 1.28. The highest BCUT2D eigenvalue weighted by atomic mass is 32.1. The summed E-state index contributed by atoms with van der Waals surface area (Å²) < 4.78 is 5.69. The van der Waals surface area contributed by atoms with Crippen molar-refractivity contribution in [2.45, 2.75) is 0 Å². The van der Waals surface area contributed by atoms with Gasteiger partial charge in [0.15, 0.2) is 0 Å². The first-order valence-electron chi connectivity index (χ1n) is 3.26. The summed E-state index contributed by atoms with van der Waals surface area (Å²) in [5, 5.41) is 0. The molecule has 0 spiro atoms. The first-order chi connectivity index (χ1) is 6.02. The van der Waals surface area contributed by atoms with E-state index < -0.39 is 11.5 Å². The Labute approximate surface area is 78.6 Å². The van der Waals surface area contributed by atoms with Crippen LogP contribution in [0.4, 0.5) is 10.5 Å². The van der Waals surface area contributed by atoms with Gasteiger partial charge in [0.1, 0.15) is 5.69 Å². The number of thiol groups is 1. The van der Waals surface area contributed by atoms with Gasteiger partial charge in [0.05, 0.1) is 0 Å². The number of nitrogen functional groups attached to an aromatic ring is 1. The van der Waals surface area contributed by atoms with Crippen LogP contribution in [0.5, 0.6) is 5.88 Å². The van der Waals surface area contributed by atoms with Gasteiger partial charge in [-0.15, -0.1) is 0 Å². The molecule has 0 bridgehead atoms. The van der Waals surface area contributed by atoms with Crippen LogP contribution in [0.15, 0.2) is 17.1 Å². The molecule has 5 N–H and O–H groups in total. The minimum Gasteiger partial charge on any atom is -0.391 e. The molecule has 1 amide bonds. The van der Waals surface area contributed by atoms with Crippen LogP contribution in [0.3, 0.4) is 0 Å². The van der Waals surface area contributed by atoms with E-state index in [9.17, 15) is 9.59 Å². The maximum Gasteiger partial charge on any atom is 0.517 e. The molecule has 0 aliphatic heterocycles. The largest absolute Gasteiger partial charge is 0.517 e. The Morgan fingerprint density at radius 3 is 2.85 bits per heavy atom. The van der Waals surface area contributed by atoms with Gasteiger partial charge in [0, 0.05) is 12.3 Å². The number of nitrogens with two attached hydrogens (primary N) is 1. The van der Waals surface area contributed by atoms with E-state index in [1.165, 1.54) is 12.3 Å². The highest BCUT2D eigenvalue weighted by Gasteiger charge is 2.11. The number of aromatic nitrogens is 1.